The van der Waals surface area contributed by atoms with Gasteiger partial charge >= 0.3 is 0 Å². The highest BCUT2D eigenvalue weighted by molar-refractivity contribution is 5.48. The molecule has 0 saturated carbocycles. The molecule has 0 heterocycles. The summed E-state index contributed by atoms with van der Waals surface area (Å²) in [5.41, 5.74) is 0.967. The molecule has 0 unspecified atom stereocenters. The first-order valence-electron chi connectivity index (χ1n) is 4.98. The average Bonchev–Trinajstić information content (AvgIpc) is 2.26. The monoisotopic (exact) mass is 209 g/mol. The highest BCUT2D eigenvalue weighted by Crippen LogP contribution is 2.03. The summed E-state index contributed by atoms with van der Waals surface area (Å²) in [4.78, 5) is 0. The number of hydrogen-bond acceptors (Lipinski definition) is 2. The van der Waals surface area contributed by atoms with Crippen LogP contribution in [0.15, 0.2) is 30.3 Å². The lowest BCUT2D eigenvalue weighted by molar-refractivity contribution is 0.255. The van der Waals surface area contributed by atoms with Crippen LogP contribution in [0.4, 0.5) is 4.39 Å². The van der Waals surface area contributed by atoms with Crippen molar-refractivity contribution >= 4 is 6.08 Å². The van der Waals surface area contributed by atoms with Crippen LogP contribution in [0.25, 0.3) is 6.08 Å². The largest absolute Gasteiger partial charge is 0.395 e. The zero-order valence-electron chi connectivity index (χ0n) is 8.78. The molecule has 2 nitrogen and oxygen atoms in total. The number of aliphatic hydroxyl groups excluding tert-OH is 1. The van der Waals surface area contributed by atoms with Crippen LogP contribution in [0.1, 0.15) is 12.5 Å². The van der Waals surface area contributed by atoms with Crippen molar-refractivity contribution in [3.05, 3.63) is 41.7 Å². The van der Waals surface area contributed by atoms with Gasteiger partial charge in [-0.2, -0.15) is 0 Å². The number of rotatable bonds is 5. The summed E-state index contributed by atoms with van der Waals surface area (Å²) in [6, 6.07) is 6.41. The molecule has 82 valence electrons. The molecule has 1 aromatic carbocycles. The molecule has 0 bridgehead atoms. The van der Waals surface area contributed by atoms with Crippen molar-refractivity contribution in [1.29, 1.82) is 0 Å². The second kappa shape index (κ2) is 6.32. The molecular weight excluding hydrogens is 193 g/mol. The zero-order chi connectivity index (χ0) is 11.1. The fourth-order valence-electron chi connectivity index (χ4n) is 1.10. The third-order valence-electron chi connectivity index (χ3n) is 2.04. The van der Waals surface area contributed by atoms with Gasteiger partial charge in [-0.15, -0.1) is 0 Å². The summed E-state index contributed by atoms with van der Waals surface area (Å²) in [7, 11) is 0. The van der Waals surface area contributed by atoms with Crippen LogP contribution in [-0.4, -0.2) is 24.3 Å². The number of aliphatic hydroxyl groups is 1. The summed E-state index contributed by atoms with van der Waals surface area (Å²) >= 11 is 0. The van der Waals surface area contributed by atoms with Crippen molar-refractivity contribution in [3.63, 3.8) is 0 Å². The van der Waals surface area contributed by atoms with Gasteiger partial charge in [-0.05, 0) is 24.6 Å². The van der Waals surface area contributed by atoms with Crippen LogP contribution in [0.5, 0.6) is 0 Å². The molecule has 0 aliphatic heterocycles. The van der Waals surface area contributed by atoms with E-state index < -0.39 is 0 Å². The van der Waals surface area contributed by atoms with Crippen LogP contribution < -0.4 is 5.32 Å². The molecule has 1 rings (SSSR count). The highest BCUT2D eigenvalue weighted by atomic mass is 19.1. The van der Waals surface area contributed by atoms with E-state index in [1.165, 1.54) is 12.1 Å². The number of halogens is 1. The van der Waals surface area contributed by atoms with Crippen molar-refractivity contribution in [2.75, 3.05) is 13.2 Å². The molecule has 1 aromatic rings. The first-order valence-corrected chi connectivity index (χ1v) is 4.98. The summed E-state index contributed by atoms with van der Waals surface area (Å²) in [6.45, 7) is 2.73. The Hall–Kier alpha value is -1.19. The second-order valence-corrected chi connectivity index (χ2v) is 3.45. The van der Waals surface area contributed by atoms with Crippen LogP contribution in [0.3, 0.4) is 0 Å². The Morgan fingerprint density at radius 3 is 2.67 bits per heavy atom. The highest BCUT2D eigenvalue weighted by Gasteiger charge is 1.94. The normalized spacial score (nSPS) is 13.3. The summed E-state index contributed by atoms with van der Waals surface area (Å²) in [5, 5.41) is 11.9. The number of nitrogens with one attached hydrogen (secondary N) is 1. The lowest BCUT2D eigenvalue weighted by Crippen LogP contribution is -2.29. The SMILES string of the molecule is C[C@@H](CO)NC/C=C/c1ccc(F)cc1. The van der Waals surface area contributed by atoms with Gasteiger partial charge < -0.3 is 10.4 Å². The Labute approximate surface area is 89.4 Å². The van der Waals surface area contributed by atoms with E-state index in [0.717, 1.165) is 5.56 Å². The van der Waals surface area contributed by atoms with Crippen molar-refractivity contribution in [2.45, 2.75) is 13.0 Å². The Morgan fingerprint density at radius 2 is 2.07 bits per heavy atom. The summed E-state index contributed by atoms with van der Waals surface area (Å²) in [6.07, 6.45) is 3.86. The van der Waals surface area contributed by atoms with Gasteiger partial charge in [-0.25, -0.2) is 4.39 Å². The number of benzene rings is 1. The lowest BCUT2D eigenvalue weighted by Gasteiger charge is -2.06. The van der Waals surface area contributed by atoms with Gasteiger partial charge in [0.2, 0.25) is 0 Å². The van der Waals surface area contributed by atoms with E-state index in [4.69, 9.17) is 5.11 Å². The lowest BCUT2D eigenvalue weighted by atomic mass is 10.2. The molecule has 0 aromatic heterocycles. The maximum absolute atomic E-state index is 12.6. The van der Waals surface area contributed by atoms with Gasteiger partial charge in [0.05, 0.1) is 6.61 Å². The maximum atomic E-state index is 12.6. The third kappa shape index (κ3) is 4.72. The molecule has 0 saturated heterocycles. The smallest absolute Gasteiger partial charge is 0.123 e. The minimum Gasteiger partial charge on any atom is -0.395 e. The average molecular weight is 209 g/mol. The minimum atomic E-state index is -0.223. The zero-order valence-corrected chi connectivity index (χ0v) is 8.78. The van der Waals surface area contributed by atoms with Gasteiger partial charge in [0.15, 0.2) is 0 Å². The van der Waals surface area contributed by atoms with E-state index in [1.54, 1.807) is 12.1 Å². The first kappa shape index (κ1) is 11.9. The van der Waals surface area contributed by atoms with Gasteiger partial charge in [0, 0.05) is 12.6 Å². The van der Waals surface area contributed by atoms with E-state index in [1.807, 2.05) is 19.1 Å². The third-order valence-corrected chi connectivity index (χ3v) is 2.04. The standard InChI is InChI=1S/C12H16FNO/c1-10(9-15)14-8-2-3-11-4-6-12(13)7-5-11/h2-7,10,14-15H,8-9H2,1H3/b3-2+/t10-/m0/s1. The van der Waals surface area contributed by atoms with Crippen LogP contribution in [0.2, 0.25) is 0 Å². The van der Waals surface area contributed by atoms with Gasteiger partial charge in [-0.3, -0.25) is 0 Å². The fourth-order valence-corrected chi connectivity index (χ4v) is 1.10. The molecule has 3 heteroatoms. The predicted octanol–water partition coefficient (Wildman–Crippen LogP) is 1.81. The van der Waals surface area contributed by atoms with E-state index >= 15 is 0 Å². The molecule has 0 fully saturated rings. The fraction of sp³-hybridized carbons (Fsp3) is 0.333. The van der Waals surface area contributed by atoms with Crippen molar-refractivity contribution in [2.24, 2.45) is 0 Å². The van der Waals surface area contributed by atoms with Gasteiger partial charge in [0.25, 0.3) is 0 Å². The Balaban J connectivity index is 2.35. The summed E-state index contributed by atoms with van der Waals surface area (Å²) < 4.78 is 12.6. The molecule has 0 spiro atoms. The van der Waals surface area contributed by atoms with E-state index in [9.17, 15) is 4.39 Å². The van der Waals surface area contributed by atoms with Crippen molar-refractivity contribution in [3.8, 4) is 0 Å². The number of hydrogen-bond donors (Lipinski definition) is 2. The summed E-state index contributed by atoms with van der Waals surface area (Å²) in [5.74, 6) is -0.223. The van der Waals surface area contributed by atoms with E-state index in [0.29, 0.717) is 6.54 Å². The molecular formula is C12H16FNO. The topological polar surface area (TPSA) is 32.3 Å². The maximum Gasteiger partial charge on any atom is 0.123 e. The minimum absolute atomic E-state index is 0.0999. The predicted molar refractivity (Wildman–Crippen MR) is 60.0 cm³/mol. The Morgan fingerprint density at radius 1 is 1.40 bits per heavy atom. The second-order valence-electron chi connectivity index (χ2n) is 3.45. The van der Waals surface area contributed by atoms with Crippen molar-refractivity contribution in [1.82, 2.24) is 5.32 Å². The molecule has 1 atom stereocenters. The van der Waals surface area contributed by atoms with Crippen LogP contribution >= 0.6 is 0 Å². The van der Waals surface area contributed by atoms with E-state index in [-0.39, 0.29) is 18.5 Å². The Bertz CT molecular complexity index is 308. The first-order chi connectivity index (χ1) is 7.22. The molecule has 2 N–H and O–H groups in total. The van der Waals surface area contributed by atoms with Crippen molar-refractivity contribution < 1.29 is 9.50 Å². The Kier molecular flexibility index (Phi) is 5.01. The van der Waals surface area contributed by atoms with E-state index in [2.05, 4.69) is 5.32 Å². The molecule has 0 aliphatic rings. The quantitative estimate of drug-likeness (QED) is 0.775. The van der Waals surface area contributed by atoms with Gasteiger partial charge in [-0.1, -0.05) is 24.3 Å². The van der Waals surface area contributed by atoms with Gasteiger partial charge in [0.1, 0.15) is 5.82 Å². The molecule has 0 amide bonds. The molecule has 0 radical (unpaired) electrons. The molecule has 0 aliphatic carbocycles. The van der Waals surface area contributed by atoms with Crippen LogP contribution in [0, 0.1) is 5.82 Å². The molecule has 15 heavy (non-hydrogen) atoms. The van der Waals surface area contributed by atoms with Crippen LogP contribution in [-0.2, 0) is 0 Å².